The van der Waals surface area contributed by atoms with Gasteiger partial charge >= 0.3 is 6.09 Å². The van der Waals surface area contributed by atoms with E-state index in [9.17, 15) is 18.0 Å². The van der Waals surface area contributed by atoms with E-state index in [1.165, 1.54) is 10.2 Å². The number of fused-ring (bicyclic) bond motifs is 3. The van der Waals surface area contributed by atoms with Crippen molar-refractivity contribution >= 4 is 47.9 Å². The molecule has 59 heavy (non-hydrogen) atoms. The summed E-state index contributed by atoms with van der Waals surface area (Å²) in [6, 6.07) is 27.6. The quantitative estimate of drug-likeness (QED) is 0.156. The largest absolute Gasteiger partial charge is 0.444 e. The van der Waals surface area contributed by atoms with E-state index in [0.717, 1.165) is 11.1 Å². The number of aromatic nitrogens is 3. The van der Waals surface area contributed by atoms with Crippen LogP contribution in [0.3, 0.4) is 0 Å². The van der Waals surface area contributed by atoms with Gasteiger partial charge < -0.3 is 14.2 Å². The number of aryl methyl sites for hydroxylation is 1. The topological polar surface area (TPSA) is 141 Å². The van der Waals surface area contributed by atoms with Crippen LogP contribution in [-0.2, 0) is 38.2 Å². The van der Waals surface area contributed by atoms with E-state index in [1.54, 1.807) is 53.0 Å². The van der Waals surface area contributed by atoms with Gasteiger partial charge in [-0.1, -0.05) is 72.8 Å². The maximum Gasteiger partial charge on any atom is 0.410 e. The summed E-state index contributed by atoms with van der Waals surface area (Å²) in [7, 11) is -5.64. The molecule has 1 atom stereocenters. The Labute approximate surface area is 345 Å². The predicted octanol–water partition coefficient (Wildman–Crippen LogP) is 7.19. The number of carbonyl (C=O) groups excluding carboxylic acids is 1. The van der Waals surface area contributed by atoms with E-state index < -0.39 is 31.6 Å². The zero-order chi connectivity index (χ0) is 41.9. The van der Waals surface area contributed by atoms with Crippen LogP contribution in [0.1, 0.15) is 57.1 Å². The molecule has 12 nitrogen and oxygen atoms in total. The molecular formula is C45H49N5O7S2. The number of likely N-dealkylation sites (tertiary alicyclic amines) is 2. The SMILES string of the molecule is Cn1c(=O)c([C@H]2CCN(C(=O)OC(C)(C)C)C2)cc2c3c(-c4ccccc4)c(-c4ccc(CN5CCC(S(C)(=O)=O)CC5)cc4)n(S(=O)(=O)c4ccccc4)c3ncc21. The molecule has 2 saturated heterocycles. The number of sulfone groups is 1. The Morgan fingerprint density at radius 1 is 0.847 bits per heavy atom. The van der Waals surface area contributed by atoms with Gasteiger partial charge in [-0.05, 0) is 88.0 Å². The molecule has 2 aliphatic heterocycles. The number of pyridine rings is 2. The lowest BCUT2D eigenvalue weighted by Crippen LogP contribution is -2.38. The second kappa shape index (κ2) is 15.4. The monoisotopic (exact) mass is 835 g/mol. The molecule has 2 aliphatic rings. The van der Waals surface area contributed by atoms with Crippen LogP contribution in [0.25, 0.3) is 44.3 Å². The van der Waals surface area contributed by atoms with Gasteiger partial charge in [-0.3, -0.25) is 9.69 Å². The molecular weight excluding hydrogens is 787 g/mol. The zero-order valence-electron chi connectivity index (χ0n) is 34.0. The zero-order valence-corrected chi connectivity index (χ0v) is 35.6. The van der Waals surface area contributed by atoms with Crippen LogP contribution < -0.4 is 5.56 Å². The van der Waals surface area contributed by atoms with Crippen molar-refractivity contribution in [2.75, 3.05) is 32.4 Å². The minimum Gasteiger partial charge on any atom is -0.444 e. The van der Waals surface area contributed by atoms with Crippen molar-refractivity contribution in [2.45, 2.75) is 68.2 Å². The Kier molecular flexibility index (Phi) is 10.5. The Morgan fingerprint density at radius 2 is 1.49 bits per heavy atom. The van der Waals surface area contributed by atoms with E-state index in [4.69, 9.17) is 9.72 Å². The number of carbonyl (C=O) groups is 1. The second-order valence-corrected chi connectivity index (χ2v) is 20.9. The minimum atomic E-state index is -4.26. The van der Waals surface area contributed by atoms with Crippen molar-refractivity contribution in [2.24, 2.45) is 7.05 Å². The highest BCUT2D eigenvalue weighted by molar-refractivity contribution is 7.91. The molecule has 3 aromatic heterocycles. The van der Waals surface area contributed by atoms with E-state index in [0.29, 0.717) is 90.7 Å². The first-order valence-electron chi connectivity index (χ1n) is 19.9. The summed E-state index contributed by atoms with van der Waals surface area (Å²) in [5.41, 5.74) is 3.96. The molecule has 0 radical (unpaired) electrons. The van der Waals surface area contributed by atoms with Crippen LogP contribution in [0.2, 0.25) is 0 Å². The van der Waals surface area contributed by atoms with Crippen molar-refractivity contribution in [3.8, 4) is 22.4 Å². The van der Waals surface area contributed by atoms with E-state index >= 15 is 8.42 Å². The fraction of sp³-hybridized carbons (Fsp3) is 0.356. The molecule has 0 N–H and O–H groups in total. The molecule has 14 heteroatoms. The molecule has 0 aliphatic carbocycles. The Hall–Kier alpha value is -5.31. The lowest BCUT2D eigenvalue weighted by molar-refractivity contribution is 0.0292. The first kappa shape index (κ1) is 40.5. The predicted molar refractivity (Wildman–Crippen MR) is 231 cm³/mol. The Balaban J connectivity index is 1.32. The molecule has 5 heterocycles. The minimum absolute atomic E-state index is 0.100. The lowest BCUT2D eigenvalue weighted by Gasteiger charge is -2.31. The summed E-state index contributed by atoms with van der Waals surface area (Å²) in [5, 5.41) is 0.929. The average Bonchev–Trinajstić information content (AvgIpc) is 3.84. The number of rotatable bonds is 8. The van der Waals surface area contributed by atoms with Gasteiger partial charge in [0.05, 0.1) is 27.6 Å². The van der Waals surface area contributed by atoms with Crippen LogP contribution >= 0.6 is 0 Å². The van der Waals surface area contributed by atoms with Crippen molar-refractivity contribution in [1.29, 1.82) is 0 Å². The summed E-state index contributed by atoms with van der Waals surface area (Å²) in [6.45, 7) is 8.18. The van der Waals surface area contributed by atoms with Crippen LogP contribution in [-0.4, -0.2) is 89.5 Å². The third-order valence-corrected chi connectivity index (χ3v) is 15.0. The van der Waals surface area contributed by atoms with Crippen LogP contribution in [0, 0.1) is 0 Å². The molecule has 3 aromatic carbocycles. The van der Waals surface area contributed by atoms with E-state index in [2.05, 4.69) is 4.90 Å². The van der Waals surface area contributed by atoms with Crippen LogP contribution in [0.4, 0.5) is 4.79 Å². The normalized spacial score (nSPS) is 17.2. The number of benzene rings is 3. The Bertz CT molecular complexity index is 2840. The molecule has 0 saturated carbocycles. The number of amides is 1. The van der Waals surface area contributed by atoms with Gasteiger partial charge in [0.15, 0.2) is 5.65 Å². The summed E-state index contributed by atoms with van der Waals surface area (Å²) in [4.78, 5) is 36.0. The van der Waals surface area contributed by atoms with Crippen LogP contribution in [0.15, 0.2) is 107 Å². The summed E-state index contributed by atoms with van der Waals surface area (Å²) >= 11 is 0. The third-order valence-electron chi connectivity index (χ3n) is 11.6. The van der Waals surface area contributed by atoms with Gasteiger partial charge in [-0.25, -0.2) is 30.6 Å². The standard InChI is InChI=1S/C45H49N5O7S2/c1-45(2,3)57-44(52)49-25-20-33(29-49)36-26-37-38(47(4)43(36)51)27-46-42-40(37)39(31-12-8-6-9-13-31)41(50(42)59(55,56)35-14-10-7-11-15-35)32-18-16-30(17-19-32)28-48-23-21-34(22-24-48)58(5,53)54/h6-19,26-27,33-34H,20-25,28-29H2,1-5H3/t33-/m0/s1. The number of hydrogen-bond donors (Lipinski definition) is 0. The van der Waals surface area contributed by atoms with Gasteiger partial charge in [0.25, 0.3) is 15.6 Å². The first-order valence-corrected chi connectivity index (χ1v) is 23.3. The van der Waals surface area contributed by atoms with Gasteiger partial charge in [0, 0.05) is 60.8 Å². The number of piperidine rings is 1. The number of hydrogen-bond acceptors (Lipinski definition) is 9. The Morgan fingerprint density at radius 3 is 2.12 bits per heavy atom. The van der Waals surface area contributed by atoms with Crippen molar-refractivity contribution < 1.29 is 26.4 Å². The molecule has 308 valence electrons. The number of nitrogens with zero attached hydrogens (tertiary/aromatic N) is 5. The average molecular weight is 836 g/mol. The molecule has 1 amide bonds. The molecule has 2 fully saturated rings. The van der Waals surface area contributed by atoms with E-state index in [1.807, 2.05) is 81.4 Å². The maximum atomic E-state index is 15.0. The van der Waals surface area contributed by atoms with E-state index in [-0.39, 0.29) is 27.3 Å². The highest BCUT2D eigenvalue weighted by Gasteiger charge is 2.35. The van der Waals surface area contributed by atoms with Gasteiger partial charge in [-0.15, -0.1) is 0 Å². The lowest BCUT2D eigenvalue weighted by atomic mass is 9.94. The summed E-state index contributed by atoms with van der Waals surface area (Å²) in [5.74, 6) is -0.270. The van der Waals surface area contributed by atoms with Gasteiger partial charge in [0.2, 0.25) is 0 Å². The fourth-order valence-electron chi connectivity index (χ4n) is 8.56. The molecule has 8 rings (SSSR count). The van der Waals surface area contributed by atoms with Gasteiger partial charge in [0.1, 0.15) is 15.4 Å². The van der Waals surface area contributed by atoms with Crippen LogP contribution in [0.5, 0.6) is 0 Å². The van der Waals surface area contributed by atoms with Gasteiger partial charge in [-0.2, -0.15) is 0 Å². The van der Waals surface area contributed by atoms with Crippen molar-refractivity contribution in [3.05, 3.63) is 119 Å². The molecule has 0 spiro atoms. The third kappa shape index (κ3) is 7.81. The molecule has 0 unspecified atom stereocenters. The van der Waals surface area contributed by atoms with Crippen molar-refractivity contribution in [3.63, 3.8) is 0 Å². The maximum absolute atomic E-state index is 15.0. The number of ether oxygens (including phenoxy) is 1. The fourth-order valence-corrected chi connectivity index (χ4v) is 11.1. The highest BCUT2D eigenvalue weighted by atomic mass is 32.2. The second-order valence-electron chi connectivity index (χ2n) is 16.8. The van der Waals surface area contributed by atoms with Crippen molar-refractivity contribution in [1.82, 2.24) is 23.3 Å². The summed E-state index contributed by atoms with van der Waals surface area (Å²) in [6.07, 6.45) is 4.19. The summed E-state index contributed by atoms with van der Waals surface area (Å²) < 4.78 is 62.9. The molecule has 6 aromatic rings. The molecule has 0 bridgehead atoms. The smallest absolute Gasteiger partial charge is 0.410 e. The first-order chi connectivity index (χ1) is 28.0. The highest BCUT2D eigenvalue weighted by Crippen LogP contribution is 2.45.